The number of non-ortho nitro benzene ring substituents is 1. The van der Waals surface area contributed by atoms with E-state index in [1.807, 2.05) is 12.1 Å². The Balaban J connectivity index is 2.10. The summed E-state index contributed by atoms with van der Waals surface area (Å²) < 4.78 is 1.48. The lowest BCUT2D eigenvalue weighted by molar-refractivity contribution is -0.385. The first kappa shape index (κ1) is 15.1. The van der Waals surface area contributed by atoms with Crippen molar-refractivity contribution in [3.8, 4) is 0 Å². The minimum atomic E-state index is -0.530. The summed E-state index contributed by atoms with van der Waals surface area (Å²) >= 11 is 8.02. The number of hydrogen-bond acceptors (Lipinski definition) is 4. The molecule has 0 unspecified atom stereocenters. The van der Waals surface area contributed by atoms with Gasteiger partial charge in [-0.25, -0.2) is 0 Å². The quantitative estimate of drug-likeness (QED) is 0.598. The van der Waals surface area contributed by atoms with Gasteiger partial charge in [-0.2, -0.15) is 0 Å². The van der Waals surface area contributed by atoms with E-state index in [0.717, 1.165) is 8.66 Å². The van der Waals surface area contributed by atoms with E-state index in [2.05, 4.69) is 37.2 Å². The lowest BCUT2D eigenvalue weighted by Gasteiger charge is -2.04. The van der Waals surface area contributed by atoms with Gasteiger partial charge >= 0.3 is 0 Å². The number of nitrogens with one attached hydrogen (secondary N) is 1. The molecular weight excluding hydrogens is 412 g/mol. The monoisotopic (exact) mass is 418 g/mol. The Bertz CT molecular complexity index is 672. The summed E-state index contributed by atoms with van der Waals surface area (Å²) in [5.41, 5.74) is 0.130. The molecule has 0 fully saturated rings. The van der Waals surface area contributed by atoms with Gasteiger partial charge in [-0.3, -0.25) is 14.9 Å². The van der Waals surface area contributed by atoms with Crippen LogP contribution in [0.5, 0.6) is 0 Å². The van der Waals surface area contributed by atoms with Gasteiger partial charge in [-0.1, -0.05) is 15.9 Å². The van der Waals surface area contributed by atoms with Crippen LogP contribution in [0.15, 0.2) is 38.6 Å². The maximum Gasteiger partial charge on any atom is 0.271 e. The van der Waals surface area contributed by atoms with Gasteiger partial charge in [0.1, 0.15) is 0 Å². The number of thiophene rings is 1. The van der Waals surface area contributed by atoms with Gasteiger partial charge in [0.05, 0.1) is 15.3 Å². The standard InChI is InChI=1S/C12H8Br2N2O3S/c13-8-3-7(4-9(5-8)16(18)19)12(17)15-6-10-1-2-11(14)20-10/h1-5H,6H2,(H,15,17). The molecule has 104 valence electrons. The van der Waals surface area contributed by atoms with Crippen LogP contribution in [0.25, 0.3) is 0 Å². The minimum absolute atomic E-state index is 0.122. The summed E-state index contributed by atoms with van der Waals surface area (Å²) in [6.07, 6.45) is 0. The van der Waals surface area contributed by atoms with E-state index in [9.17, 15) is 14.9 Å². The summed E-state index contributed by atoms with van der Waals surface area (Å²) in [6, 6.07) is 7.96. The minimum Gasteiger partial charge on any atom is -0.347 e. The molecule has 1 amide bonds. The fourth-order valence-electron chi connectivity index (χ4n) is 1.53. The number of nitrogens with zero attached hydrogens (tertiary/aromatic N) is 1. The molecule has 0 bridgehead atoms. The van der Waals surface area contributed by atoms with Crippen molar-refractivity contribution in [2.75, 3.05) is 0 Å². The molecule has 1 aromatic heterocycles. The first-order chi connectivity index (χ1) is 9.45. The lowest BCUT2D eigenvalue weighted by atomic mass is 10.2. The molecule has 0 aliphatic rings. The number of nitro groups is 1. The number of rotatable bonds is 4. The highest BCUT2D eigenvalue weighted by atomic mass is 79.9. The van der Waals surface area contributed by atoms with Crippen LogP contribution in [-0.4, -0.2) is 10.8 Å². The van der Waals surface area contributed by atoms with Gasteiger partial charge in [-0.05, 0) is 34.1 Å². The Kier molecular flexibility index (Phi) is 4.90. The molecule has 0 saturated heterocycles. The number of hydrogen-bond donors (Lipinski definition) is 1. The van der Waals surface area contributed by atoms with Gasteiger partial charge in [0.15, 0.2) is 0 Å². The van der Waals surface area contributed by atoms with Crippen molar-refractivity contribution in [1.82, 2.24) is 5.32 Å². The SMILES string of the molecule is O=C(NCc1ccc(Br)s1)c1cc(Br)cc([N+](=O)[O-])c1. The van der Waals surface area contributed by atoms with E-state index >= 15 is 0 Å². The molecule has 1 aromatic carbocycles. The molecule has 2 aromatic rings. The summed E-state index contributed by atoms with van der Waals surface area (Å²) in [5, 5.41) is 13.5. The number of halogens is 2. The van der Waals surface area contributed by atoms with E-state index in [4.69, 9.17) is 0 Å². The fourth-order valence-corrected chi connectivity index (χ4v) is 3.43. The van der Waals surface area contributed by atoms with Crippen LogP contribution < -0.4 is 5.32 Å². The normalized spacial score (nSPS) is 10.3. The number of carbonyl (C=O) groups excluding carboxylic acids is 1. The molecule has 0 atom stereocenters. The van der Waals surface area contributed by atoms with E-state index < -0.39 is 4.92 Å². The number of benzene rings is 1. The highest BCUT2D eigenvalue weighted by Gasteiger charge is 2.13. The van der Waals surface area contributed by atoms with Crippen molar-refractivity contribution in [3.63, 3.8) is 0 Å². The number of amides is 1. The predicted octanol–water partition coefficient (Wildman–Crippen LogP) is 4.11. The van der Waals surface area contributed by atoms with E-state index in [0.29, 0.717) is 11.0 Å². The van der Waals surface area contributed by atoms with Gasteiger partial charge in [0, 0.05) is 27.0 Å². The van der Waals surface area contributed by atoms with Crippen molar-refractivity contribution in [3.05, 3.63) is 59.1 Å². The average molecular weight is 420 g/mol. The highest BCUT2D eigenvalue weighted by molar-refractivity contribution is 9.11. The van der Waals surface area contributed by atoms with Crippen molar-refractivity contribution in [2.45, 2.75) is 6.54 Å². The maximum atomic E-state index is 12.0. The molecule has 8 heteroatoms. The molecular formula is C12H8Br2N2O3S. The molecule has 2 rings (SSSR count). The van der Waals surface area contributed by atoms with Crippen LogP contribution >= 0.6 is 43.2 Å². The average Bonchev–Trinajstić information content (AvgIpc) is 2.81. The van der Waals surface area contributed by atoms with Crippen molar-refractivity contribution >= 4 is 54.8 Å². The lowest BCUT2D eigenvalue weighted by Crippen LogP contribution is -2.22. The summed E-state index contributed by atoms with van der Waals surface area (Å²) in [4.78, 5) is 23.2. The molecule has 0 aliphatic heterocycles. The Morgan fingerprint density at radius 1 is 1.30 bits per heavy atom. The van der Waals surface area contributed by atoms with Gasteiger partial charge in [-0.15, -0.1) is 11.3 Å². The molecule has 0 saturated carbocycles. The van der Waals surface area contributed by atoms with Crippen molar-refractivity contribution < 1.29 is 9.72 Å². The number of carbonyl (C=O) groups is 1. The maximum absolute atomic E-state index is 12.0. The Morgan fingerprint density at radius 2 is 2.05 bits per heavy atom. The molecule has 0 spiro atoms. The largest absolute Gasteiger partial charge is 0.347 e. The smallest absolute Gasteiger partial charge is 0.271 e. The van der Waals surface area contributed by atoms with Gasteiger partial charge < -0.3 is 5.32 Å². The van der Waals surface area contributed by atoms with Gasteiger partial charge in [0.2, 0.25) is 0 Å². The van der Waals surface area contributed by atoms with Crippen LogP contribution in [0.1, 0.15) is 15.2 Å². The summed E-state index contributed by atoms with van der Waals surface area (Å²) in [6.45, 7) is 0.384. The van der Waals surface area contributed by atoms with Crippen LogP contribution in [0.3, 0.4) is 0 Å². The molecule has 0 radical (unpaired) electrons. The highest BCUT2D eigenvalue weighted by Crippen LogP contribution is 2.23. The topological polar surface area (TPSA) is 72.2 Å². The number of nitro benzene ring substituents is 1. The Hall–Kier alpha value is -1.25. The summed E-state index contributed by atoms with van der Waals surface area (Å²) in [5.74, 6) is -0.348. The zero-order valence-corrected chi connectivity index (χ0v) is 13.9. The molecule has 0 aliphatic carbocycles. The second kappa shape index (κ2) is 6.47. The molecule has 1 N–H and O–H groups in total. The van der Waals surface area contributed by atoms with Crippen LogP contribution in [0.4, 0.5) is 5.69 Å². The summed E-state index contributed by atoms with van der Waals surface area (Å²) in [7, 11) is 0. The fraction of sp³-hybridized carbons (Fsp3) is 0.0833. The van der Waals surface area contributed by atoms with Crippen molar-refractivity contribution in [1.29, 1.82) is 0 Å². The van der Waals surface area contributed by atoms with E-state index in [-0.39, 0.29) is 17.2 Å². The molecule has 5 nitrogen and oxygen atoms in total. The Morgan fingerprint density at radius 3 is 2.65 bits per heavy atom. The van der Waals surface area contributed by atoms with Crippen LogP contribution in [0.2, 0.25) is 0 Å². The van der Waals surface area contributed by atoms with E-state index in [1.165, 1.54) is 23.5 Å². The first-order valence-corrected chi connectivity index (χ1v) is 7.83. The second-order valence-electron chi connectivity index (χ2n) is 3.84. The zero-order chi connectivity index (χ0) is 14.7. The third kappa shape index (κ3) is 3.87. The Labute approximate surface area is 135 Å². The predicted molar refractivity (Wildman–Crippen MR) is 84.0 cm³/mol. The van der Waals surface area contributed by atoms with Crippen LogP contribution in [-0.2, 0) is 6.54 Å². The molecule has 20 heavy (non-hydrogen) atoms. The zero-order valence-electron chi connectivity index (χ0n) is 9.93. The van der Waals surface area contributed by atoms with E-state index in [1.54, 1.807) is 6.07 Å². The first-order valence-electron chi connectivity index (χ1n) is 5.43. The van der Waals surface area contributed by atoms with Gasteiger partial charge in [0.25, 0.3) is 11.6 Å². The van der Waals surface area contributed by atoms with Crippen LogP contribution in [0, 0.1) is 10.1 Å². The molecule has 1 heterocycles. The second-order valence-corrected chi connectivity index (χ2v) is 7.31. The third-order valence-corrected chi connectivity index (χ3v) is 4.49. The third-order valence-electron chi connectivity index (χ3n) is 2.41. The van der Waals surface area contributed by atoms with Crippen molar-refractivity contribution in [2.24, 2.45) is 0 Å².